The molecule has 1 aromatic heterocycles. The van der Waals surface area contributed by atoms with Crippen LogP contribution >= 0.6 is 0 Å². The van der Waals surface area contributed by atoms with Crippen molar-refractivity contribution in [1.82, 2.24) is 10.3 Å². The average Bonchev–Trinajstić information content (AvgIpc) is 2.73. The minimum absolute atomic E-state index is 0.259. The van der Waals surface area contributed by atoms with Crippen molar-refractivity contribution in [3.63, 3.8) is 0 Å². The normalized spacial score (nSPS) is 11.7. The van der Waals surface area contributed by atoms with Gasteiger partial charge in [0.05, 0.1) is 15.4 Å². The van der Waals surface area contributed by atoms with Gasteiger partial charge in [0.15, 0.2) is 0 Å². The molecule has 0 aliphatic rings. The maximum atomic E-state index is 13.2. The Bertz CT molecular complexity index is 1130. The van der Waals surface area contributed by atoms with Gasteiger partial charge in [-0.2, -0.15) is 13.2 Å². The molecule has 0 atom stereocenters. The molecule has 6 nitrogen and oxygen atoms in total. The number of nitrogens with one attached hydrogen (secondary N) is 2. The number of carbonyl (C=O) groups excluding carboxylic acids is 1. The van der Waals surface area contributed by atoms with Gasteiger partial charge in [-0.05, 0) is 54.1 Å². The Morgan fingerprint density at radius 3 is 2.20 bits per heavy atom. The van der Waals surface area contributed by atoms with Crippen LogP contribution in [-0.4, -0.2) is 19.4 Å². The molecule has 156 valence electrons. The molecule has 3 aromatic rings. The zero-order chi connectivity index (χ0) is 21.8. The number of aromatic nitrogens is 1. The highest BCUT2D eigenvalue weighted by Crippen LogP contribution is 2.36. The number of rotatable bonds is 5. The standard InChI is InChI=1S/C20H16F3N3O3S/c21-20(22,23)17-3-1-2-4-18(17)30(28,29)16-7-5-15(6-8-16)26-19(27)25-13-14-9-11-24-12-10-14/h1-12H,13H2,(H2,25,26,27). The van der Waals surface area contributed by atoms with Crippen LogP contribution in [0.4, 0.5) is 23.7 Å². The summed E-state index contributed by atoms with van der Waals surface area (Å²) in [5.74, 6) is 0. The number of hydrogen-bond donors (Lipinski definition) is 2. The number of urea groups is 1. The van der Waals surface area contributed by atoms with Crippen molar-refractivity contribution >= 4 is 21.6 Å². The molecule has 2 N–H and O–H groups in total. The zero-order valence-corrected chi connectivity index (χ0v) is 16.2. The largest absolute Gasteiger partial charge is 0.417 e. The quantitative estimate of drug-likeness (QED) is 0.627. The summed E-state index contributed by atoms with van der Waals surface area (Å²) in [6.45, 7) is 0.259. The third kappa shape index (κ3) is 4.95. The lowest BCUT2D eigenvalue weighted by molar-refractivity contribution is -0.139. The molecule has 3 rings (SSSR count). The lowest BCUT2D eigenvalue weighted by Gasteiger charge is -2.13. The average molecular weight is 435 g/mol. The number of anilines is 1. The molecular formula is C20H16F3N3O3S. The monoisotopic (exact) mass is 435 g/mol. The molecule has 2 aromatic carbocycles. The van der Waals surface area contributed by atoms with E-state index in [1.807, 2.05) is 0 Å². The van der Waals surface area contributed by atoms with E-state index in [0.29, 0.717) is 0 Å². The van der Waals surface area contributed by atoms with E-state index in [-0.39, 0.29) is 17.1 Å². The first kappa shape index (κ1) is 21.3. The Balaban J connectivity index is 1.73. The first-order chi connectivity index (χ1) is 14.2. The number of pyridine rings is 1. The molecule has 30 heavy (non-hydrogen) atoms. The van der Waals surface area contributed by atoms with Crippen LogP contribution in [0, 0.1) is 0 Å². The van der Waals surface area contributed by atoms with Gasteiger partial charge in [-0.1, -0.05) is 12.1 Å². The minimum Gasteiger partial charge on any atom is -0.334 e. The van der Waals surface area contributed by atoms with Crippen LogP contribution in [0.2, 0.25) is 0 Å². The molecule has 1 heterocycles. The van der Waals surface area contributed by atoms with Crippen molar-refractivity contribution in [2.24, 2.45) is 0 Å². The SMILES string of the molecule is O=C(NCc1ccncc1)Nc1ccc(S(=O)(=O)c2ccccc2C(F)(F)F)cc1. The van der Waals surface area contributed by atoms with E-state index >= 15 is 0 Å². The first-order valence-electron chi connectivity index (χ1n) is 8.63. The number of amides is 2. The molecule has 10 heteroatoms. The number of benzene rings is 2. The summed E-state index contributed by atoms with van der Waals surface area (Å²) in [5.41, 5.74) is -0.113. The van der Waals surface area contributed by atoms with Crippen LogP contribution in [0.25, 0.3) is 0 Å². The van der Waals surface area contributed by atoms with E-state index < -0.39 is 32.5 Å². The molecule has 0 fully saturated rings. The van der Waals surface area contributed by atoms with Gasteiger partial charge in [0.1, 0.15) is 0 Å². The lowest BCUT2D eigenvalue weighted by atomic mass is 10.2. The minimum atomic E-state index is -4.81. The van der Waals surface area contributed by atoms with Crippen molar-refractivity contribution in [3.05, 3.63) is 84.2 Å². The summed E-state index contributed by atoms with van der Waals surface area (Å²) in [6, 6.07) is 11.8. The van der Waals surface area contributed by atoms with Gasteiger partial charge < -0.3 is 10.6 Å². The number of hydrogen-bond acceptors (Lipinski definition) is 4. The first-order valence-corrected chi connectivity index (χ1v) is 10.1. The highest BCUT2D eigenvalue weighted by atomic mass is 32.2. The summed E-state index contributed by atoms with van der Waals surface area (Å²) in [6.07, 6.45) is -1.63. The molecule has 0 radical (unpaired) electrons. The number of sulfone groups is 1. The molecule has 0 saturated heterocycles. The summed E-state index contributed by atoms with van der Waals surface area (Å²) in [4.78, 5) is 14.7. The highest BCUT2D eigenvalue weighted by molar-refractivity contribution is 7.91. The van der Waals surface area contributed by atoms with E-state index in [2.05, 4.69) is 15.6 Å². The Labute approximate surface area is 170 Å². The van der Waals surface area contributed by atoms with Crippen molar-refractivity contribution in [2.75, 3.05) is 5.32 Å². The van der Waals surface area contributed by atoms with Gasteiger partial charge in [-0.15, -0.1) is 0 Å². The lowest BCUT2D eigenvalue weighted by Crippen LogP contribution is -2.28. The van der Waals surface area contributed by atoms with Crippen LogP contribution in [-0.2, 0) is 22.6 Å². The number of halogens is 3. The van der Waals surface area contributed by atoms with Gasteiger partial charge in [0.25, 0.3) is 0 Å². The van der Waals surface area contributed by atoms with Crippen molar-refractivity contribution in [1.29, 1.82) is 0 Å². The maximum absolute atomic E-state index is 13.2. The fourth-order valence-corrected chi connectivity index (χ4v) is 4.12. The second-order valence-corrected chi connectivity index (χ2v) is 8.10. The second-order valence-electron chi connectivity index (χ2n) is 6.18. The second kappa shape index (κ2) is 8.54. The predicted octanol–water partition coefficient (Wildman–Crippen LogP) is 4.25. The Morgan fingerprint density at radius 2 is 1.57 bits per heavy atom. The number of carbonyl (C=O) groups is 1. The predicted molar refractivity (Wildman–Crippen MR) is 103 cm³/mol. The van der Waals surface area contributed by atoms with Gasteiger partial charge in [0, 0.05) is 24.6 Å². The van der Waals surface area contributed by atoms with E-state index in [1.54, 1.807) is 24.5 Å². The summed E-state index contributed by atoms with van der Waals surface area (Å²) in [5, 5.41) is 5.15. The summed E-state index contributed by atoms with van der Waals surface area (Å²) >= 11 is 0. The van der Waals surface area contributed by atoms with Gasteiger partial charge >= 0.3 is 12.2 Å². The van der Waals surface area contributed by atoms with Crippen molar-refractivity contribution in [2.45, 2.75) is 22.5 Å². The van der Waals surface area contributed by atoms with Crippen molar-refractivity contribution < 1.29 is 26.4 Å². The Hall–Kier alpha value is -3.40. The number of alkyl halides is 3. The van der Waals surface area contributed by atoms with Gasteiger partial charge in [0.2, 0.25) is 9.84 Å². The van der Waals surface area contributed by atoms with Crippen LogP contribution in [0.1, 0.15) is 11.1 Å². The molecule has 0 bridgehead atoms. The topological polar surface area (TPSA) is 88.2 Å². The molecule has 2 amide bonds. The van der Waals surface area contributed by atoms with E-state index in [1.165, 1.54) is 18.2 Å². The maximum Gasteiger partial charge on any atom is 0.417 e. The molecule has 0 aliphatic heterocycles. The van der Waals surface area contributed by atoms with Crippen LogP contribution in [0.3, 0.4) is 0 Å². The van der Waals surface area contributed by atoms with Crippen LogP contribution in [0.5, 0.6) is 0 Å². The Kier molecular flexibility index (Phi) is 6.06. The molecule has 0 unspecified atom stereocenters. The van der Waals surface area contributed by atoms with Gasteiger partial charge in [-0.25, -0.2) is 13.2 Å². The molecular weight excluding hydrogens is 419 g/mol. The highest BCUT2D eigenvalue weighted by Gasteiger charge is 2.37. The van der Waals surface area contributed by atoms with Gasteiger partial charge in [-0.3, -0.25) is 4.98 Å². The fraction of sp³-hybridized carbons (Fsp3) is 0.100. The molecule has 0 spiro atoms. The number of nitrogens with zero attached hydrogens (tertiary/aromatic N) is 1. The fourth-order valence-electron chi connectivity index (χ4n) is 2.64. The summed E-state index contributed by atoms with van der Waals surface area (Å²) in [7, 11) is -4.40. The third-order valence-corrected chi connectivity index (χ3v) is 5.93. The third-order valence-electron chi connectivity index (χ3n) is 4.11. The molecule has 0 aliphatic carbocycles. The Morgan fingerprint density at radius 1 is 0.933 bits per heavy atom. The van der Waals surface area contributed by atoms with E-state index in [9.17, 15) is 26.4 Å². The van der Waals surface area contributed by atoms with Crippen LogP contribution in [0.15, 0.2) is 82.8 Å². The van der Waals surface area contributed by atoms with Crippen molar-refractivity contribution in [3.8, 4) is 0 Å². The van der Waals surface area contributed by atoms with E-state index in [4.69, 9.17) is 0 Å². The smallest absolute Gasteiger partial charge is 0.334 e. The van der Waals surface area contributed by atoms with Crippen LogP contribution < -0.4 is 10.6 Å². The molecule has 0 saturated carbocycles. The summed E-state index contributed by atoms with van der Waals surface area (Å²) < 4.78 is 64.9. The zero-order valence-electron chi connectivity index (χ0n) is 15.3. The van der Waals surface area contributed by atoms with E-state index in [0.717, 1.165) is 35.9 Å².